The Bertz CT molecular complexity index is 504. The van der Waals surface area contributed by atoms with Crippen molar-refractivity contribution in [2.75, 3.05) is 19.8 Å². The third kappa shape index (κ3) is 4.25. The summed E-state index contributed by atoms with van der Waals surface area (Å²) in [6.45, 7) is 4.52. The molecule has 1 aromatic rings. The Kier molecular flexibility index (Phi) is 5.29. The van der Waals surface area contributed by atoms with E-state index in [9.17, 15) is 0 Å². The molecule has 1 aromatic carbocycles. The lowest BCUT2D eigenvalue weighted by Gasteiger charge is -2.41. The molecular weight excluding hydrogens is 312 g/mol. The molecule has 2 aliphatic rings. The van der Waals surface area contributed by atoms with Crippen LogP contribution in [0.25, 0.3) is 0 Å². The Morgan fingerprint density at radius 3 is 2.35 bits per heavy atom. The zero-order valence-electron chi connectivity index (χ0n) is 13.8. The topological polar surface area (TPSA) is 56.5 Å². The van der Waals surface area contributed by atoms with Crippen molar-refractivity contribution in [2.24, 2.45) is 5.73 Å². The van der Waals surface area contributed by atoms with E-state index in [-0.39, 0.29) is 11.3 Å². The Morgan fingerprint density at radius 2 is 1.74 bits per heavy atom. The molecule has 3 rings (SSSR count). The van der Waals surface area contributed by atoms with Crippen molar-refractivity contribution in [1.82, 2.24) is 5.32 Å². The molecule has 1 atom stereocenters. The summed E-state index contributed by atoms with van der Waals surface area (Å²) in [7, 11) is 0. The maximum absolute atomic E-state index is 6.59. The molecule has 3 N–H and O–H groups in total. The van der Waals surface area contributed by atoms with Gasteiger partial charge in [0.1, 0.15) is 0 Å². The van der Waals surface area contributed by atoms with Crippen molar-refractivity contribution in [3.63, 3.8) is 0 Å². The maximum atomic E-state index is 6.59. The van der Waals surface area contributed by atoms with E-state index in [4.69, 9.17) is 26.8 Å². The normalized spacial score (nSPS) is 24.0. The van der Waals surface area contributed by atoms with Crippen LogP contribution in [-0.4, -0.2) is 31.1 Å². The van der Waals surface area contributed by atoms with Crippen molar-refractivity contribution in [3.05, 3.63) is 34.9 Å². The Balaban J connectivity index is 1.44. The van der Waals surface area contributed by atoms with E-state index in [2.05, 4.69) is 24.4 Å². The first-order valence-corrected chi connectivity index (χ1v) is 8.94. The van der Waals surface area contributed by atoms with Gasteiger partial charge < -0.3 is 20.5 Å². The van der Waals surface area contributed by atoms with E-state index in [0.717, 1.165) is 56.9 Å². The summed E-state index contributed by atoms with van der Waals surface area (Å²) in [4.78, 5) is 0. The van der Waals surface area contributed by atoms with Gasteiger partial charge in [0.2, 0.25) is 0 Å². The fourth-order valence-electron chi connectivity index (χ4n) is 3.57. The number of nitrogens with two attached hydrogens (primary N) is 1. The lowest BCUT2D eigenvalue weighted by atomic mass is 9.77. The van der Waals surface area contributed by atoms with Gasteiger partial charge in [-0.05, 0) is 50.4 Å². The SMILES string of the molecule is C[C@H](NCCC1(N)CCC2(CC1)OCCO2)c1ccc(Cl)cc1. The predicted octanol–water partition coefficient (Wildman–Crippen LogP) is 3.40. The van der Waals surface area contributed by atoms with E-state index < -0.39 is 0 Å². The van der Waals surface area contributed by atoms with Crippen LogP contribution < -0.4 is 11.1 Å². The minimum Gasteiger partial charge on any atom is -0.348 e. The summed E-state index contributed by atoms with van der Waals surface area (Å²) >= 11 is 5.93. The predicted molar refractivity (Wildman–Crippen MR) is 92.5 cm³/mol. The summed E-state index contributed by atoms with van der Waals surface area (Å²) in [6.07, 6.45) is 4.72. The van der Waals surface area contributed by atoms with E-state index in [0.29, 0.717) is 6.04 Å². The van der Waals surface area contributed by atoms with Gasteiger partial charge in [0.05, 0.1) is 13.2 Å². The highest BCUT2D eigenvalue weighted by Gasteiger charge is 2.44. The molecule has 1 heterocycles. The molecule has 1 spiro atoms. The van der Waals surface area contributed by atoms with Gasteiger partial charge >= 0.3 is 0 Å². The summed E-state index contributed by atoms with van der Waals surface area (Å²) in [5.74, 6) is -0.326. The first kappa shape index (κ1) is 17.2. The molecule has 4 nitrogen and oxygen atoms in total. The molecule has 128 valence electrons. The van der Waals surface area contributed by atoms with E-state index >= 15 is 0 Å². The fraction of sp³-hybridized carbons (Fsp3) is 0.667. The molecule has 0 amide bonds. The van der Waals surface area contributed by atoms with Crippen LogP contribution in [0.4, 0.5) is 0 Å². The summed E-state index contributed by atoms with van der Waals surface area (Å²) in [5.41, 5.74) is 7.73. The third-order valence-electron chi connectivity index (χ3n) is 5.26. The molecule has 1 saturated heterocycles. The molecule has 1 aliphatic heterocycles. The van der Waals surface area contributed by atoms with Crippen molar-refractivity contribution in [3.8, 4) is 0 Å². The molecule has 2 fully saturated rings. The van der Waals surface area contributed by atoms with E-state index in [1.54, 1.807) is 0 Å². The summed E-state index contributed by atoms with van der Waals surface area (Å²) < 4.78 is 11.6. The monoisotopic (exact) mass is 338 g/mol. The highest BCUT2D eigenvalue weighted by molar-refractivity contribution is 6.30. The van der Waals surface area contributed by atoms with Crippen LogP contribution in [0.5, 0.6) is 0 Å². The highest BCUT2D eigenvalue weighted by atomic mass is 35.5. The van der Waals surface area contributed by atoms with Gasteiger partial charge in [-0.2, -0.15) is 0 Å². The smallest absolute Gasteiger partial charge is 0.168 e. The molecule has 23 heavy (non-hydrogen) atoms. The van der Waals surface area contributed by atoms with Gasteiger partial charge in [0, 0.05) is 29.4 Å². The Morgan fingerprint density at radius 1 is 1.13 bits per heavy atom. The van der Waals surface area contributed by atoms with Crippen molar-refractivity contribution >= 4 is 11.6 Å². The van der Waals surface area contributed by atoms with Crippen LogP contribution >= 0.6 is 11.6 Å². The molecular formula is C18H27ClN2O2. The standard InChI is InChI=1S/C18H27ClN2O2/c1-14(15-2-4-16(19)5-3-15)21-11-10-17(20)6-8-18(9-7-17)22-12-13-23-18/h2-5,14,21H,6-13,20H2,1H3/t14-/m0/s1. The minimum atomic E-state index is -0.326. The van der Waals surface area contributed by atoms with Crippen molar-refractivity contribution in [2.45, 2.75) is 56.4 Å². The van der Waals surface area contributed by atoms with Gasteiger partial charge in [-0.25, -0.2) is 0 Å². The second-order valence-electron chi connectivity index (χ2n) is 6.95. The Hall–Kier alpha value is -0.650. The second kappa shape index (κ2) is 7.08. The van der Waals surface area contributed by atoms with Gasteiger partial charge in [0.25, 0.3) is 0 Å². The Labute approximate surface area is 143 Å². The van der Waals surface area contributed by atoms with Crippen LogP contribution in [0, 0.1) is 0 Å². The molecule has 1 saturated carbocycles. The maximum Gasteiger partial charge on any atom is 0.168 e. The van der Waals surface area contributed by atoms with Crippen LogP contribution in [0.1, 0.15) is 50.6 Å². The summed E-state index contributed by atoms with van der Waals surface area (Å²) in [5, 5.41) is 4.34. The molecule has 1 aliphatic carbocycles. The largest absolute Gasteiger partial charge is 0.348 e. The van der Waals surface area contributed by atoms with E-state index in [1.807, 2.05) is 12.1 Å². The van der Waals surface area contributed by atoms with E-state index in [1.165, 1.54) is 5.56 Å². The second-order valence-corrected chi connectivity index (χ2v) is 7.38. The number of hydrogen-bond acceptors (Lipinski definition) is 4. The number of hydrogen-bond donors (Lipinski definition) is 2. The molecule has 0 radical (unpaired) electrons. The first-order chi connectivity index (χ1) is 11.0. The zero-order valence-corrected chi connectivity index (χ0v) is 14.6. The number of nitrogens with one attached hydrogen (secondary N) is 1. The van der Waals surface area contributed by atoms with Crippen LogP contribution in [0.2, 0.25) is 5.02 Å². The number of benzene rings is 1. The van der Waals surface area contributed by atoms with Crippen molar-refractivity contribution < 1.29 is 9.47 Å². The fourth-order valence-corrected chi connectivity index (χ4v) is 3.70. The average Bonchev–Trinajstić information content (AvgIpc) is 3.00. The molecule has 5 heteroatoms. The van der Waals surface area contributed by atoms with Gasteiger partial charge in [-0.1, -0.05) is 23.7 Å². The van der Waals surface area contributed by atoms with Crippen LogP contribution in [-0.2, 0) is 9.47 Å². The molecule has 0 unspecified atom stereocenters. The minimum absolute atomic E-state index is 0.104. The van der Waals surface area contributed by atoms with Gasteiger partial charge in [-0.3, -0.25) is 0 Å². The number of rotatable bonds is 5. The summed E-state index contributed by atoms with van der Waals surface area (Å²) in [6, 6.07) is 8.30. The van der Waals surface area contributed by atoms with Gasteiger partial charge in [0.15, 0.2) is 5.79 Å². The highest BCUT2D eigenvalue weighted by Crippen LogP contribution is 2.40. The molecule has 0 aromatic heterocycles. The zero-order chi connectivity index (χ0) is 16.3. The van der Waals surface area contributed by atoms with Crippen LogP contribution in [0.15, 0.2) is 24.3 Å². The molecule has 0 bridgehead atoms. The van der Waals surface area contributed by atoms with Crippen molar-refractivity contribution in [1.29, 1.82) is 0 Å². The lowest BCUT2D eigenvalue weighted by molar-refractivity contribution is -0.184. The third-order valence-corrected chi connectivity index (χ3v) is 5.52. The quantitative estimate of drug-likeness (QED) is 0.864. The first-order valence-electron chi connectivity index (χ1n) is 8.56. The average molecular weight is 339 g/mol. The van der Waals surface area contributed by atoms with Crippen LogP contribution in [0.3, 0.4) is 0 Å². The van der Waals surface area contributed by atoms with Gasteiger partial charge in [-0.15, -0.1) is 0 Å². The number of halogens is 1. The lowest BCUT2D eigenvalue weighted by Crippen LogP contribution is -2.50. The number of ether oxygens (including phenoxy) is 2.